The summed E-state index contributed by atoms with van der Waals surface area (Å²) in [6, 6.07) is 18.3. The van der Waals surface area contributed by atoms with Gasteiger partial charge < -0.3 is 15.1 Å². The van der Waals surface area contributed by atoms with Crippen LogP contribution in [-0.4, -0.2) is 50.8 Å². The van der Waals surface area contributed by atoms with Gasteiger partial charge in [0.1, 0.15) is 0 Å². The van der Waals surface area contributed by atoms with Crippen molar-refractivity contribution in [1.29, 1.82) is 0 Å². The highest BCUT2D eigenvalue weighted by atomic mass is 35.5. The molecule has 9 heteroatoms. The second-order valence-electron chi connectivity index (χ2n) is 10.4. The van der Waals surface area contributed by atoms with Crippen LogP contribution in [0.15, 0.2) is 76.5 Å². The Labute approximate surface area is 241 Å². The van der Waals surface area contributed by atoms with Gasteiger partial charge >= 0.3 is 0 Å². The normalized spacial score (nSPS) is 18.5. The van der Waals surface area contributed by atoms with Crippen molar-refractivity contribution in [3.05, 3.63) is 88.4 Å². The molecule has 0 bridgehead atoms. The van der Waals surface area contributed by atoms with Crippen molar-refractivity contribution in [1.82, 2.24) is 10.2 Å². The third kappa shape index (κ3) is 5.80. The molecule has 0 unspecified atom stereocenters. The first-order valence-corrected chi connectivity index (χ1v) is 15.7. The van der Waals surface area contributed by atoms with Crippen molar-refractivity contribution in [3.63, 3.8) is 0 Å². The first kappa shape index (κ1) is 28.3. The molecule has 1 saturated heterocycles. The fourth-order valence-corrected chi connectivity index (χ4v) is 7.44. The number of rotatable bonds is 8. The monoisotopic (exact) mass is 579 g/mol. The molecule has 1 atom stereocenters. The van der Waals surface area contributed by atoms with Crippen LogP contribution in [0.1, 0.15) is 65.3 Å². The summed E-state index contributed by atoms with van der Waals surface area (Å²) < 4.78 is 27.4. The molecule has 7 nitrogen and oxygen atoms in total. The predicted molar refractivity (Wildman–Crippen MR) is 157 cm³/mol. The maximum atomic E-state index is 13.8. The summed E-state index contributed by atoms with van der Waals surface area (Å²) in [4.78, 5) is 30.8. The molecule has 0 saturated carbocycles. The van der Waals surface area contributed by atoms with Crippen LogP contribution >= 0.6 is 11.6 Å². The summed E-state index contributed by atoms with van der Waals surface area (Å²) in [7, 11) is -4.01. The largest absolute Gasteiger partial charge is 0.352 e. The number of benzene rings is 3. The Bertz CT molecular complexity index is 1510. The minimum absolute atomic E-state index is 0.00739. The highest BCUT2D eigenvalue weighted by Crippen LogP contribution is 2.38. The van der Waals surface area contributed by atoms with E-state index in [1.54, 1.807) is 36.4 Å². The maximum absolute atomic E-state index is 13.8. The molecular weight excluding hydrogens is 546 g/mol. The van der Waals surface area contributed by atoms with Gasteiger partial charge in [0.15, 0.2) is 0 Å². The van der Waals surface area contributed by atoms with E-state index >= 15 is 0 Å². The number of sulfone groups is 1. The molecule has 2 amide bonds. The third-order valence-corrected chi connectivity index (χ3v) is 9.95. The average molecular weight is 580 g/mol. The lowest BCUT2D eigenvalue weighted by Gasteiger charge is -2.35. The molecule has 40 heavy (non-hydrogen) atoms. The highest BCUT2D eigenvalue weighted by molar-refractivity contribution is 7.91. The number of anilines is 1. The van der Waals surface area contributed by atoms with Crippen LogP contribution in [0.2, 0.25) is 5.02 Å². The number of amides is 2. The first-order chi connectivity index (χ1) is 19.3. The van der Waals surface area contributed by atoms with E-state index < -0.39 is 15.7 Å². The number of fused-ring (bicyclic) bond motifs is 2. The van der Waals surface area contributed by atoms with Gasteiger partial charge in [0.25, 0.3) is 11.8 Å². The van der Waals surface area contributed by atoms with E-state index in [9.17, 15) is 18.0 Å². The van der Waals surface area contributed by atoms with Crippen LogP contribution < -0.4 is 10.2 Å². The lowest BCUT2D eigenvalue weighted by Crippen LogP contribution is -2.40. The maximum Gasteiger partial charge on any atom is 0.259 e. The average Bonchev–Trinajstić information content (AvgIpc) is 3.04. The Morgan fingerprint density at radius 3 is 2.58 bits per heavy atom. The van der Waals surface area contributed by atoms with E-state index in [1.165, 1.54) is 54.5 Å². The fraction of sp³-hybridized carbons (Fsp3) is 0.355. The Morgan fingerprint density at radius 2 is 1.80 bits per heavy atom. The van der Waals surface area contributed by atoms with Gasteiger partial charge in [-0.1, -0.05) is 49.2 Å². The van der Waals surface area contributed by atoms with Crippen molar-refractivity contribution >= 4 is 38.9 Å². The number of hydrogen-bond acceptors (Lipinski definition) is 5. The lowest BCUT2D eigenvalue weighted by atomic mass is 10.00. The minimum Gasteiger partial charge on any atom is -0.352 e. The molecule has 1 fully saturated rings. The van der Waals surface area contributed by atoms with Crippen molar-refractivity contribution in [2.75, 3.05) is 24.5 Å². The fourth-order valence-electron chi connectivity index (χ4n) is 5.68. The van der Waals surface area contributed by atoms with Gasteiger partial charge in [-0.2, -0.15) is 0 Å². The van der Waals surface area contributed by atoms with Gasteiger partial charge in [-0.3, -0.25) is 9.59 Å². The molecule has 0 aromatic heterocycles. The third-order valence-electron chi connectivity index (χ3n) is 7.84. The Balaban J connectivity index is 1.41. The molecule has 5 rings (SSSR count). The first-order valence-electron chi connectivity index (χ1n) is 13.9. The number of carbonyl (C=O) groups excluding carboxylic acids is 2. The zero-order chi connectivity index (χ0) is 28.3. The summed E-state index contributed by atoms with van der Waals surface area (Å²) in [5.41, 5.74) is 1.36. The lowest BCUT2D eigenvalue weighted by molar-refractivity contribution is 0.0944. The second-order valence-corrected chi connectivity index (χ2v) is 12.7. The van der Waals surface area contributed by atoms with E-state index in [0.717, 1.165) is 31.5 Å². The molecule has 2 aliphatic rings. The van der Waals surface area contributed by atoms with E-state index in [2.05, 4.69) is 17.1 Å². The summed E-state index contributed by atoms with van der Waals surface area (Å²) in [5, 5.41) is 3.54. The molecule has 0 aliphatic carbocycles. The second kappa shape index (κ2) is 12.1. The molecular formula is C31H34ClN3O4S. The van der Waals surface area contributed by atoms with Gasteiger partial charge in [0.05, 0.1) is 27.6 Å². The van der Waals surface area contributed by atoms with Crippen molar-refractivity contribution in [2.24, 2.45) is 0 Å². The Hall–Kier alpha value is -3.20. The van der Waals surface area contributed by atoms with E-state index in [4.69, 9.17) is 11.6 Å². The number of nitrogens with one attached hydrogen (secondary N) is 1. The van der Waals surface area contributed by atoms with Crippen LogP contribution in [0.25, 0.3) is 0 Å². The standard InChI is InChI=1S/C31H34ClN3O4S/c1-2-25-8-5-6-18-34(25)19-7-17-33-30(36)23-13-16-29-27(20-23)35(21-22-11-14-24(32)15-12-22)31(37)26-9-3-4-10-28(26)40(29,38)39/h3-4,9-16,20,25H,2,5-8,17-19,21H2,1H3,(H,33,36)/t25-/m0/s1. The smallest absolute Gasteiger partial charge is 0.259 e. The van der Waals surface area contributed by atoms with E-state index in [-0.39, 0.29) is 33.5 Å². The summed E-state index contributed by atoms with van der Waals surface area (Å²) in [5.74, 6) is -0.746. The zero-order valence-corrected chi connectivity index (χ0v) is 24.2. The molecule has 210 valence electrons. The van der Waals surface area contributed by atoms with Gasteiger partial charge in [0.2, 0.25) is 9.84 Å². The molecule has 1 N–H and O–H groups in total. The molecule has 3 aromatic rings. The van der Waals surface area contributed by atoms with Crippen LogP contribution in [0.5, 0.6) is 0 Å². The molecule has 2 aliphatic heterocycles. The van der Waals surface area contributed by atoms with Gasteiger partial charge in [-0.05, 0) is 80.3 Å². The Kier molecular flexibility index (Phi) is 8.59. The summed E-state index contributed by atoms with van der Waals surface area (Å²) >= 11 is 6.05. The molecule has 0 radical (unpaired) electrons. The van der Waals surface area contributed by atoms with Crippen molar-refractivity contribution in [3.8, 4) is 0 Å². The van der Waals surface area contributed by atoms with Crippen molar-refractivity contribution in [2.45, 2.75) is 61.4 Å². The van der Waals surface area contributed by atoms with Crippen molar-refractivity contribution < 1.29 is 18.0 Å². The predicted octanol–water partition coefficient (Wildman–Crippen LogP) is 5.72. The number of halogens is 1. The number of nitrogens with zero attached hydrogens (tertiary/aromatic N) is 2. The van der Waals surface area contributed by atoms with Crippen LogP contribution in [-0.2, 0) is 16.4 Å². The molecule has 2 heterocycles. The number of carbonyl (C=O) groups is 2. The zero-order valence-electron chi connectivity index (χ0n) is 22.6. The SMILES string of the molecule is CC[C@H]1CCCCN1CCCNC(=O)c1ccc2c(c1)N(Cc1ccc(Cl)cc1)C(=O)c1ccccc1S2(=O)=O. The highest BCUT2D eigenvalue weighted by Gasteiger charge is 2.36. The van der Waals surface area contributed by atoms with Crippen LogP contribution in [0.4, 0.5) is 5.69 Å². The summed E-state index contributed by atoms with van der Waals surface area (Å²) in [6.07, 6.45) is 5.70. The Morgan fingerprint density at radius 1 is 1.02 bits per heavy atom. The number of likely N-dealkylation sites (tertiary alicyclic amines) is 1. The summed E-state index contributed by atoms with van der Waals surface area (Å²) in [6.45, 7) is 4.89. The van der Waals surface area contributed by atoms with Crippen LogP contribution in [0, 0.1) is 0 Å². The molecule has 0 spiro atoms. The quantitative estimate of drug-likeness (QED) is 0.345. The number of piperidine rings is 1. The van der Waals surface area contributed by atoms with Gasteiger partial charge in [-0.25, -0.2) is 8.42 Å². The van der Waals surface area contributed by atoms with Gasteiger partial charge in [-0.15, -0.1) is 0 Å². The molecule has 3 aromatic carbocycles. The van der Waals surface area contributed by atoms with Gasteiger partial charge in [0, 0.05) is 29.7 Å². The van der Waals surface area contributed by atoms with E-state index in [1.807, 2.05) is 0 Å². The topological polar surface area (TPSA) is 86.8 Å². The van der Waals surface area contributed by atoms with E-state index in [0.29, 0.717) is 23.2 Å². The number of hydrogen-bond donors (Lipinski definition) is 1. The van der Waals surface area contributed by atoms with Crippen LogP contribution in [0.3, 0.4) is 0 Å². The minimum atomic E-state index is -4.01.